The van der Waals surface area contributed by atoms with Gasteiger partial charge in [0.15, 0.2) is 11.5 Å². The summed E-state index contributed by atoms with van der Waals surface area (Å²) in [7, 11) is 4.10. The standard InChI is InChI=1S/C21H22N2O2/c1-23(2)14-15-5-3-6-18(13-15)22-17-11-9-16(10-12-17)19-7-4-8-20(24)21(19)25/h3-13,22,24-25H,14H2,1-2H3. The number of nitrogens with zero attached hydrogens (tertiary/aromatic N) is 1. The van der Waals surface area contributed by atoms with Crippen molar-refractivity contribution in [3.63, 3.8) is 0 Å². The Morgan fingerprint density at radius 2 is 1.56 bits per heavy atom. The van der Waals surface area contributed by atoms with Crippen LogP contribution in [0.3, 0.4) is 0 Å². The van der Waals surface area contributed by atoms with Crippen LogP contribution in [-0.2, 0) is 6.54 Å². The maximum absolute atomic E-state index is 9.99. The van der Waals surface area contributed by atoms with Crippen molar-refractivity contribution in [2.24, 2.45) is 0 Å². The fourth-order valence-electron chi connectivity index (χ4n) is 2.78. The average molecular weight is 334 g/mol. The fourth-order valence-corrected chi connectivity index (χ4v) is 2.78. The molecule has 0 heterocycles. The second kappa shape index (κ2) is 7.28. The first-order valence-corrected chi connectivity index (χ1v) is 8.15. The van der Waals surface area contributed by atoms with E-state index in [1.165, 1.54) is 11.6 Å². The zero-order valence-corrected chi connectivity index (χ0v) is 14.4. The molecule has 0 fully saturated rings. The third-order valence-corrected chi connectivity index (χ3v) is 3.93. The van der Waals surface area contributed by atoms with Crippen LogP contribution >= 0.6 is 0 Å². The van der Waals surface area contributed by atoms with Crippen LogP contribution in [-0.4, -0.2) is 29.2 Å². The Balaban J connectivity index is 1.78. The van der Waals surface area contributed by atoms with Crippen molar-refractivity contribution in [3.05, 3.63) is 72.3 Å². The Hall–Kier alpha value is -2.98. The third kappa shape index (κ3) is 4.11. The van der Waals surface area contributed by atoms with E-state index in [0.29, 0.717) is 5.56 Å². The fraction of sp³-hybridized carbons (Fsp3) is 0.143. The lowest BCUT2D eigenvalue weighted by Gasteiger charge is -2.12. The van der Waals surface area contributed by atoms with Crippen molar-refractivity contribution < 1.29 is 10.2 Å². The zero-order chi connectivity index (χ0) is 17.8. The summed E-state index contributed by atoms with van der Waals surface area (Å²) >= 11 is 0. The minimum atomic E-state index is -0.114. The number of para-hydroxylation sites is 1. The second-order valence-electron chi connectivity index (χ2n) is 6.31. The van der Waals surface area contributed by atoms with E-state index in [1.54, 1.807) is 12.1 Å². The monoisotopic (exact) mass is 334 g/mol. The van der Waals surface area contributed by atoms with Gasteiger partial charge in [0, 0.05) is 23.5 Å². The van der Waals surface area contributed by atoms with Gasteiger partial charge in [-0.05, 0) is 55.6 Å². The molecule has 0 aliphatic carbocycles. The van der Waals surface area contributed by atoms with Crippen molar-refractivity contribution in [3.8, 4) is 22.6 Å². The van der Waals surface area contributed by atoms with Crippen LogP contribution < -0.4 is 5.32 Å². The second-order valence-corrected chi connectivity index (χ2v) is 6.31. The molecule has 0 saturated heterocycles. The summed E-state index contributed by atoms with van der Waals surface area (Å²) in [6, 6.07) is 21.0. The molecule has 4 heteroatoms. The number of rotatable bonds is 5. The molecule has 0 saturated carbocycles. The van der Waals surface area contributed by atoms with Crippen LogP contribution in [0, 0.1) is 0 Å². The molecular formula is C21H22N2O2. The van der Waals surface area contributed by atoms with Gasteiger partial charge in [0.25, 0.3) is 0 Å². The lowest BCUT2D eigenvalue weighted by molar-refractivity contribution is 0.402. The summed E-state index contributed by atoms with van der Waals surface area (Å²) in [5.74, 6) is -0.211. The molecule has 0 radical (unpaired) electrons. The number of anilines is 2. The largest absolute Gasteiger partial charge is 0.504 e. The maximum Gasteiger partial charge on any atom is 0.165 e. The van der Waals surface area contributed by atoms with E-state index in [9.17, 15) is 10.2 Å². The summed E-state index contributed by atoms with van der Waals surface area (Å²) < 4.78 is 0. The van der Waals surface area contributed by atoms with Gasteiger partial charge in [-0.15, -0.1) is 0 Å². The summed E-state index contributed by atoms with van der Waals surface area (Å²) in [4.78, 5) is 2.13. The number of aromatic hydroxyl groups is 2. The molecule has 0 bridgehead atoms. The van der Waals surface area contributed by atoms with Crippen LogP contribution in [0.15, 0.2) is 66.7 Å². The molecule has 3 rings (SSSR count). The van der Waals surface area contributed by atoms with Gasteiger partial charge in [-0.3, -0.25) is 0 Å². The van der Waals surface area contributed by atoms with Crippen molar-refractivity contribution in [1.29, 1.82) is 0 Å². The molecule has 0 amide bonds. The maximum atomic E-state index is 9.99. The highest BCUT2D eigenvalue weighted by Crippen LogP contribution is 2.36. The zero-order valence-electron chi connectivity index (χ0n) is 14.4. The number of nitrogens with one attached hydrogen (secondary N) is 1. The molecule has 3 aromatic rings. The quantitative estimate of drug-likeness (QED) is 0.598. The highest BCUT2D eigenvalue weighted by Gasteiger charge is 2.08. The first kappa shape index (κ1) is 16.9. The molecule has 128 valence electrons. The van der Waals surface area contributed by atoms with Crippen LogP contribution in [0.4, 0.5) is 11.4 Å². The molecule has 0 spiro atoms. The highest BCUT2D eigenvalue weighted by atomic mass is 16.3. The van der Waals surface area contributed by atoms with E-state index in [4.69, 9.17) is 0 Å². The number of phenols is 2. The number of hydrogen-bond donors (Lipinski definition) is 3. The molecular weight excluding hydrogens is 312 g/mol. The first-order chi connectivity index (χ1) is 12.0. The van der Waals surface area contributed by atoms with Crippen molar-refractivity contribution in [2.45, 2.75) is 6.54 Å². The minimum absolute atomic E-state index is 0.0976. The van der Waals surface area contributed by atoms with Gasteiger partial charge in [0.1, 0.15) is 0 Å². The van der Waals surface area contributed by atoms with E-state index in [0.717, 1.165) is 23.5 Å². The van der Waals surface area contributed by atoms with E-state index in [1.807, 2.05) is 36.4 Å². The summed E-state index contributed by atoms with van der Waals surface area (Å²) in [5, 5.41) is 23.0. The molecule has 0 aromatic heterocycles. The smallest absolute Gasteiger partial charge is 0.165 e. The van der Waals surface area contributed by atoms with Gasteiger partial charge in [-0.2, -0.15) is 0 Å². The van der Waals surface area contributed by atoms with Gasteiger partial charge >= 0.3 is 0 Å². The van der Waals surface area contributed by atoms with Gasteiger partial charge in [-0.1, -0.05) is 36.4 Å². The Morgan fingerprint density at radius 1 is 0.840 bits per heavy atom. The third-order valence-electron chi connectivity index (χ3n) is 3.93. The Labute approximate surface area is 148 Å². The molecule has 25 heavy (non-hydrogen) atoms. The Bertz CT molecular complexity index is 858. The van der Waals surface area contributed by atoms with Gasteiger partial charge in [-0.25, -0.2) is 0 Å². The van der Waals surface area contributed by atoms with E-state index in [2.05, 4.69) is 36.4 Å². The number of phenolic OH excluding ortho intramolecular Hbond substituents is 2. The van der Waals surface area contributed by atoms with E-state index in [-0.39, 0.29) is 11.5 Å². The van der Waals surface area contributed by atoms with E-state index >= 15 is 0 Å². The van der Waals surface area contributed by atoms with Gasteiger partial charge in [0.05, 0.1) is 0 Å². The van der Waals surface area contributed by atoms with Crippen molar-refractivity contribution >= 4 is 11.4 Å². The normalized spacial score (nSPS) is 10.8. The first-order valence-electron chi connectivity index (χ1n) is 8.15. The molecule has 0 aliphatic rings. The Morgan fingerprint density at radius 3 is 2.28 bits per heavy atom. The average Bonchev–Trinajstić information content (AvgIpc) is 2.58. The molecule has 3 aromatic carbocycles. The van der Waals surface area contributed by atoms with Crippen LogP contribution in [0.1, 0.15) is 5.56 Å². The molecule has 0 aliphatic heterocycles. The van der Waals surface area contributed by atoms with Gasteiger partial charge in [0.2, 0.25) is 0 Å². The molecule has 4 nitrogen and oxygen atoms in total. The number of hydrogen-bond acceptors (Lipinski definition) is 4. The van der Waals surface area contributed by atoms with Crippen LogP contribution in [0.5, 0.6) is 11.5 Å². The molecule has 3 N–H and O–H groups in total. The highest BCUT2D eigenvalue weighted by molar-refractivity contribution is 5.75. The van der Waals surface area contributed by atoms with Crippen LogP contribution in [0.2, 0.25) is 0 Å². The van der Waals surface area contributed by atoms with E-state index < -0.39 is 0 Å². The SMILES string of the molecule is CN(C)Cc1cccc(Nc2ccc(-c3cccc(O)c3O)cc2)c1. The summed E-state index contributed by atoms with van der Waals surface area (Å²) in [6.07, 6.45) is 0. The van der Waals surface area contributed by atoms with Gasteiger partial charge < -0.3 is 20.4 Å². The van der Waals surface area contributed by atoms with Crippen molar-refractivity contribution in [2.75, 3.05) is 19.4 Å². The topological polar surface area (TPSA) is 55.7 Å². The summed E-state index contributed by atoms with van der Waals surface area (Å²) in [5.41, 5.74) is 4.70. The molecule has 0 atom stereocenters. The predicted octanol–water partition coefficient (Wildman–Crippen LogP) is 4.57. The minimum Gasteiger partial charge on any atom is -0.504 e. The lowest BCUT2D eigenvalue weighted by atomic mass is 10.0. The molecule has 0 unspecified atom stereocenters. The van der Waals surface area contributed by atoms with Crippen LogP contribution in [0.25, 0.3) is 11.1 Å². The summed E-state index contributed by atoms with van der Waals surface area (Å²) in [6.45, 7) is 0.894. The number of benzene rings is 3. The van der Waals surface area contributed by atoms with Crippen molar-refractivity contribution in [1.82, 2.24) is 4.90 Å². The Kier molecular flexibility index (Phi) is 4.91. The lowest BCUT2D eigenvalue weighted by Crippen LogP contribution is -2.10. The predicted molar refractivity (Wildman–Crippen MR) is 102 cm³/mol.